The molecular weight excluding hydrogens is 233 g/mol. The number of hydrogen-bond donors (Lipinski definition) is 1. The van der Waals surface area contributed by atoms with Crippen LogP contribution in [-0.2, 0) is 0 Å². The van der Waals surface area contributed by atoms with E-state index in [1.807, 2.05) is 6.92 Å². The summed E-state index contributed by atoms with van der Waals surface area (Å²) in [7, 11) is 0. The molecule has 0 saturated heterocycles. The topological polar surface area (TPSA) is 43.8 Å². The van der Waals surface area contributed by atoms with Gasteiger partial charge in [0.25, 0.3) is 0 Å². The molecule has 0 fully saturated rings. The lowest BCUT2D eigenvalue weighted by Crippen LogP contribution is -1.95. The van der Waals surface area contributed by atoms with Crippen molar-refractivity contribution in [1.82, 2.24) is 9.78 Å². The molecule has 2 aromatic rings. The smallest absolute Gasteiger partial charge is 0.0833 e. The summed E-state index contributed by atoms with van der Waals surface area (Å²) < 4.78 is 1.64. The van der Waals surface area contributed by atoms with Crippen LogP contribution < -0.4 is 5.73 Å². The van der Waals surface area contributed by atoms with Gasteiger partial charge in [-0.1, -0.05) is 23.2 Å². The molecule has 0 aliphatic heterocycles. The van der Waals surface area contributed by atoms with Crippen LogP contribution >= 0.6 is 23.2 Å². The van der Waals surface area contributed by atoms with Crippen LogP contribution in [0.25, 0.3) is 5.69 Å². The first-order chi connectivity index (χ1) is 7.08. The van der Waals surface area contributed by atoms with Gasteiger partial charge in [-0.25, -0.2) is 4.68 Å². The molecule has 0 saturated carbocycles. The number of nitrogens with two attached hydrogens (primary N) is 1. The third kappa shape index (κ3) is 1.94. The first-order valence-electron chi connectivity index (χ1n) is 4.35. The molecule has 0 radical (unpaired) electrons. The Kier molecular flexibility index (Phi) is 2.59. The SMILES string of the molecule is Cc1nn(-c2ccc(Cl)cc2Cl)cc1N. The van der Waals surface area contributed by atoms with Crippen molar-refractivity contribution in [3.05, 3.63) is 40.1 Å². The molecule has 0 aliphatic carbocycles. The standard InChI is InChI=1S/C10H9Cl2N3/c1-6-9(13)5-15(14-6)10-3-2-7(11)4-8(10)12/h2-5H,13H2,1H3. The highest BCUT2D eigenvalue weighted by molar-refractivity contribution is 6.35. The van der Waals surface area contributed by atoms with Gasteiger partial charge in [-0.3, -0.25) is 0 Å². The molecule has 0 bridgehead atoms. The summed E-state index contributed by atoms with van der Waals surface area (Å²) in [4.78, 5) is 0. The third-order valence-corrected chi connectivity index (χ3v) is 2.63. The van der Waals surface area contributed by atoms with Gasteiger partial charge in [0.05, 0.1) is 28.3 Å². The van der Waals surface area contributed by atoms with E-state index in [-0.39, 0.29) is 0 Å². The second-order valence-electron chi connectivity index (χ2n) is 3.21. The highest BCUT2D eigenvalue weighted by atomic mass is 35.5. The third-order valence-electron chi connectivity index (χ3n) is 2.09. The number of anilines is 1. The van der Waals surface area contributed by atoms with Crippen LogP contribution in [0.5, 0.6) is 0 Å². The highest BCUT2D eigenvalue weighted by Gasteiger charge is 2.06. The molecular formula is C10H9Cl2N3. The number of nitrogen functional groups attached to an aromatic ring is 1. The van der Waals surface area contributed by atoms with E-state index in [1.54, 1.807) is 29.1 Å². The van der Waals surface area contributed by atoms with Crippen LogP contribution in [0, 0.1) is 6.92 Å². The van der Waals surface area contributed by atoms with Crippen LogP contribution in [0.4, 0.5) is 5.69 Å². The number of aromatic nitrogens is 2. The Morgan fingerprint density at radius 2 is 2.07 bits per heavy atom. The van der Waals surface area contributed by atoms with Crippen molar-refractivity contribution in [2.75, 3.05) is 5.73 Å². The average Bonchev–Trinajstić information content (AvgIpc) is 2.46. The fourth-order valence-corrected chi connectivity index (χ4v) is 1.76. The van der Waals surface area contributed by atoms with Crippen molar-refractivity contribution >= 4 is 28.9 Å². The number of benzene rings is 1. The molecule has 0 aliphatic rings. The quantitative estimate of drug-likeness (QED) is 0.835. The zero-order valence-electron chi connectivity index (χ0n) is 8.04. The fraction of sp³-hybridized carbons (Fsp3) is 0.100. The summed E-state index contributed by atoms with van der Waals surface area (Å²) >= 11 is 11.8. The monoisotopic (exact) mass is 241 g/mol. The molecule has 1 heterocycles. The van der Waals surface area contributed by atoms with E-state index < -0.39 is 0 Å². The van der Waals surface area contributed by atoms with Gasteiger partial charge in [-0.15, -0.1) is 0 Å². The summed E-state index contributed by atoms with van der Waals surface area (Å²) in [5, 5.41) is 5.38. The minimum Gasteiger partial charge on any atom is -0.396 e. The molecule has 1 aromatic heterocycles. The largest absolute Gasteiger partial charge is 0.396 e. The van der Waals surface area contributed by atoms with E-state index in [2.05, 4.69) is 5.10 Å². The van der Waals surface area contributed by atoms with Crippen molar-refractivity contribution in [1.29, 1.82) is 0 Å². The maximum absolute atomic E-state index is 6.04. The maximum Gasteiger partial charge on any atom is 0.0833 e. The second kappa shape index (κ2) is 3.76. The Balaban J connectivity index is 2.54. The molecule has 1 aromatic carbocycles. The Hall–Kier alpha value is -1.19. The zero-order chi connectivity index (χ0) is 11.0. The number of aryl methyl sites for hydroxylation is 1. The van der Waals surface area contributed by atoms with E-state index in [1.165, 1.54) is 0 Å². The summed E-state index contributed by atoms with van der Waals surface area (Å²) in [6, 6.07) is 5.23. The molecule has 78 valence electrons. The summed E-state index contributed by atoms with van der Waals surface area (Å²) in [6.45, 7) is 1.84. The van der Waals surface area contributed by atoms with Crippen molar-refractivity contribution in [3.8, 4) is 5.69 Å². The van der Waals surface area contributed by atoms with E-state index in [0.717, 1.165) is 11.4 Å². The first kappa shape index (κ1) is 10.3. The molecule has 0 spiro atoms. The number of rotatable bonds is 1. The zero-order valence-corrected chi connectivity index (χ0v) is 9.55. The molecule has 0 amide bonds. The lowest BCUT2D eigenvalue weighted by molar-refractivity contribution is 0.863. The molecule has 0 unspecified atom stereocenters. The van der Waals surface area contributed by atoms with Crippen LogP contribution in [-0.4, -0.2) is 9.78 Å². The first-order valence-corrected chi connectivity index (χ1v) is 5.10. The minimum atomic E-state index is 0.546. The summed E-state index contributed by atoms with van der Waals surface area (Å²) in [6.07, 6.45) is 1.73. The number of nitrogens with zero attached hydrogens (tertiary/aromatic N) is 2. The lowest BCUT2D eigenvalue weighted by atomic mass is 10.3. The second-order valence-corrected chi connectivity index (χ2v) is 4.05. The summed E-state index contributed by atoms with van der Waals surface area (Å²) in [5.74, 6) is 0. The van der Waals surface area contributed by atoms with E-state index in [0.29, 0.717) is 15.7 Å². The van der Waals surface area contributed by atoms with Crippen molar-refractivity contribution < 1.29 is 0 Å². The highest BCUT2D eigenvalue weighted by Crippen LogP contribution is 2.24. The Bertz CT molecular complexity index is 486. The Morgan fingerprint density at radius 1 is 1.33 bits per heavy atom. The van der Waals surface area contributed by atoms with E-state index in [4.69, 9.17) is 28.9 Å². The maximum atomic E-state index is 6.04. The molecule has 3 nitrogen and oxygen atoms in total. The van der Waals surface area contributed by atoms with E-state index in [9.17, 15) is 0 Å². The average molecular weight is 242 g/mol. The Labute approximate surface area is 97.4 Å². The Morgan fingerprint density at radius 3 is 2.60 bits per heavy atom. The minimum absolute atomic E-state index is 0.546. The van der Waals surface area contributed by atoms with Crippen LogP contribution in [0.2, 0.25) is 10.0 Å². The van der Waals surface area contributed by atoms with Gasteiger partial charge in [0.15, 0.2) is 0 Å². The van der Waals surface area contributed by atoms with Crippen molar-refractivity contribution in [3.63, 3.8) is 0 Å². The fourth-order valence-electron chi connectivity index (χ4n) is 1.26. The van der Waals surface area contributed by atoms with Gasteiger partial charge in [-0.2, -0.15) is 5.10 Å². The van der Waals surface area contributed by atoms with Crippen molar-refractivity contribution in [2.24, 2.45) is 0 Å². The van der Waals surface area contributed by atoms with Crippen LogP contribution in [0.15, 0.2) is 24.4 Å². The predicted molar refractivity (Wildman–Crippen MR) is 62.7 cm³/mol. The number of hydrogen-bond acceptors (Lipinski definition) is 2. The summed E-state index contributed by atoms with van der Waals surface area (Å²) in [5.41, 5.74) is 7.89. The predicted octanol–water partition coefficient (Wildman–Crippen LogP) is 3.07. The van der Waals surface area contributed by atoms with Gasteiger partial charge in [0, 0.05) is 5.02 Å². The lowest BCUT2D eigenvalue weighted by Gasteiger charge is -2.03. The normalized spacial score (nSPS) is 10.6. The van der Waals surface area contributed by atoms with Gasteiger partial charge in [0.1, 0.15) is 0 Å². The van der Waals surface area contributed by atoms with Gasteiger partial charge >= 0.3 is 0 Å². The van der Waals surface area contributed by atoms with Crippen LogP contribution in [0.1, 0.15) is 5.69 Å². The molecule has 2 N–H and O–H groups in total. The van der Waals surface area contributed by atoms with Gasteiger partial charge in [0.2, 0.25) is 0 Å². The van der Waals surface area contributed by atoms with Gasteiger partial charge in [-0.05, 0) is 25.1 Å². The molecule has 2 rings (SSSR count). The number of halogens is 2. The van der Waals surface area contributed by atoms with Crippen molar-refractivity contribution in [2.45, 2.75) is 6.92 Å². The van der Waals surface area contributed by atoms with Crippen LogP contribution in [0.3, 0.4) is 0 Å². The van der Waals surface area contributed by atoms with E-state index >= 15 is 0 Å². The molecule has 15 heavy (non-hydrogen) atoms. The molecule has 0 atom stereocenters. The van der Waals surface area contributed by atoms with Gasteiger partial charge < -0.3 is 5.73 Å². The molecule has 5 heteroatoms.